The lowest BCUT2D eigenvalue weighted by molar-refractivity contribution is -0.128. The molecule has 1 fully saturated rings. The Morgan fingerprint density at radius 2 is 2.04 bits per heavy atom. The Kier molecular flexibility index (Phi) is 5.90. The first-order valence-corrected chi connectivity index (χ1v) is 9.05. The maximum atomic E-state index is 12.4. The number of piperazine rings is 1. The summed E-state index contributed by atoms with van der Waals surface area (Å²) < 4.78 is 1.84. The van der Waals surface area contributed by atoms with Crippen molar-refractivity contribution in [2.45, 2.75) is 6.92 Å². The molecule has 1 N–H and O–H groups in total. The molecular weight excluding hydrogens is 354 g/mol. The summed E-state index contributed by atoms with van der Waals surface area (Å²) in [5.41, 5.74) is 1.43. The summed E-state index contributed by atoms with van der Waals surface area (Å²) in [7, 11) is 0. The van der Waals surface area contributed by atoms with Crippen molar-refractivity contribution in [3.8, 4) is 0 Å². The number of fused-ring (bicyclic) bond motifs is 1. The van der Waals surface area contributed by atoms with Crippen LogP contribution in [0.1, 0.15) is 12.6 Å². The first kappa shape index (κ1) is 18.4. The van der Waals surface area contributed by atoms with Gasteiger partial charge in [-0.1, -0.05) is 17.7 Å². The third-order valence-electron chi connectivity index (χ3n) is 4.33. The maximum Gasteiger partial charge on any atom is 0.246 e. The van der Waals surface area contributed by atoms with E-state index in [4.69, 9.17) is 11.6 Å². The number of rotatable bonds is 5. The largest absolute Gasteiger partial charge is 0.355 e. The number of nitrogens with one attached hydrogen (secondary N) is 1. The molecule has 2 aromatic rings. The van der Waals surface area contributed by atoms with Gasteiger partial charge in [-0.15, -0.1) is 0 Å². The Morgan fingerprint density at radius 3 is 2.77 bits per heavy atom. The van der Waals surface area contributed by atoms with Crippen molar-refractivity contribution in [3.63, 3.8) is 0 Å². The summed E-state index contributed by atoms with van der Waals surface area (Å²) in [6.07, 6.45) is 5.09. The topological polar surface area (TPSA) is 70.0 Å². The van der Waals surface area contributed by atoms with Crippen LogP contribution in [0.25, 0.3) is 11.7 Å². The van der Waals surface area contributed by atoms with Gasteiger partial charge in [0.05, 0.1) is 12.2 Å². The zero-order valence-electron chi connectivity index (χ0n) is 14.7. The molecular formula is C18H22ClN5O2. The molecule has 0 saturated carbocycles. The molecule has 138 valence electrons. The second-order valence-electron chi connectivity index (χ2n) is 6.10. The van der Waals surface area contributed by atoms with Gasteiger partial charge in [0.2, 0.25) is 11.8 Å². The van der Waals surface area contributed by atoms with Crippen LogP contribution in [-0.2, 0) is 9.59 Å². The highest BCUT2D eigenvalue weighted by molar-refractivity contribution is 6.31. The average molecular weight is 376 g/mol. The first-order chi connectivity index (χ1) is 12.6. The molecule has 1 saturated heterocycles. The van der Waals surface area contributed by atoms with Crippen LogP contribution < -0.4 is 5.32 Å². The van der Waals surface area contributed by atoms with Crippen LogP contribution >= 0.6 is 11.6 Å². The van der Waals surface area contributed by atoms with E-state index in [0.717, 1.165) is 5.65 Å². The number of carbonyl (C=O) groups excluding carboxylic acids is 2. The number of halogens is 1. The Morgan fingerprint density at radius 1 is 1.27 bits per heavy atom. The molecule has 0 radical (unpaired) electrons. The van der Waals surface area contributed by atoms with Gasteiger partial charge in [-0.3, -0.25) is 18.9 Å². The van der Waals surface area contributed by atoms with E-state index in [1.807, 2.05) is 35.7 Å². The highest BCUT2D eigenvalue weighted by Gasteiger charge is 2.21. The van der Waals surface area contributed by atoms with Crippen molar-refractivity contribution < 1.29 is 9.59 Å². The molecule has 0 unspecified atom stereocenters. The Hall–Kier alpha value is -2.38. The number of pyridine rings is 1. The monoisotopic (exact) mass is 375 g/mol. The van der Waals surface area contributed by atoms with Gasteiger partial charge in [-0.25, -0.2) is 4.98 Å². The molecule has 26 heavy (non-hydrogen) atoms. The van der Waals surface area contributed by atoms with Gasteiger partial charge in [0, 0.05) is 45.0 Å². The number of amides is 2. The molecule has 8 heteroatoms. The second kappa shape index (κ2) is 8.33. The third kappa shape index (κ3) is 4.23. The Balaban J connectivity index is 1.58. The minimum Gasteiger partial charge on any atom is -0.355 e. The van der Waals surface area contributed by atoms with Gasteiger partial charge in [0.15, 0.2) is 5.15 Å². The van der Waals surface area contributed by atoms with Crippen molar-refractivity contribution in [1.29, 1.82) is 0 Å². The molecule has 1 aliphatic heterocycles. The lowest BCUT2D eigenvalue weighted by Crippen LogP contribution is -2.50. The van der Waals surface area contributed by atoms with E-state index in [-0.39, 0.29) is 11.8 Å². The highest BCUT2D eigenvalue weighted by atomic mass is 35.5. The van der Waals surface area contributed by atoms with Crippen molar-refractivity contribution in [3.05, 3.63) is 41.3 Å². The van der Waals surface area contributed by atoms with Gasteiger partial charge < -0.3 is 10.2 Å². The first-order valence-electron chi connectivity index (χ1n) is 8.67. The van der Waals surface area contributed by atoms with E-state index in [9.17, 15) is 9.59 Å². The zero-order chi connectivity index (χ0) is 18.5. The van der Waals surface area contributed by atoms with Crippen LogP contribution in [0.2, 0.25) is 5.15 Å². The fraction of sp³-hybridized carbons (Fsp3) is 0.389. The van der Waals surface area contributed by atoms with Gasteiger partial charge in [0.25, 0.3) is 0 Å². The van der Waals surface area contributed by atoms with Gasteiger partial charge in [-0.2, -0.15) is 0 Å². The standard InChI is InChI=1S/C18H22ClN5O2/c1-2-20-16(25)13-22-9-11-23(12-10-22)17(26)7-6-14-18(19)21-15-5-3-4-8-24(14)15/h3-8H,2,9-13H2,1H3,(H,20,25)/b7-6+. The van der Waals surface area contributed by atoms with Crippen LogP contribution in [0.15, 0.2) is 30.5 Å². The quantitative estimate of drug-likeness (QED) is 0.799. The summed E-state index contributed by atoms with van der Waals surface area (Å²) in [6.45, 7) is 5.49. The van der Waals surface area contributed by atoms with Crippen LogP contribution in [0, 0.1) is 0 Å². The SMILES string of the molecule is CCNC(=O)CN1CCN(C(=O)/C=C/c2c(Cl)nc3ccccn23)CC1. The number of imidazole rings is 1. The number of carbonyl (C=O) groups is 2. The van der Waals surface area contributed by atoms with E-state index in [0.29, 0.717) is 50.1 Å². The minimum atomic E-state index is -0.0652. The van der Waals surface area contributed by atoms with E-state index in [2.05, 4.69) is 15.2 Å². The normalized spacial score (nSPS) is 15.7. The Bertz CT molecular complexity index is 824. The van der Waals surface area contributed by atoms with Gasteiger partial charge in [-0.05, 0) is 25.1 Å². The number of hydrogen-bond donors (Lipinski definition) is 1. The predicted octanol–water partition coefficient (Wildman–Crippen LogP) is 1.28. The van der Waals surface area contributed by atoms with Crippen molar-refractivity contribution >= 4 is 35.1 Å². The maximum absolute atomic E-state index is 12.4. The smallest absolute Gasteiger partial charge is 0.246 e. The second-order valence-corrected chi connectivity index (χ2v) is 6.46. The summed E-state index contributed by atoms with van der Waals surface area (Å²) >= 11 is 6.18. The van der Waals surface area contributed by atoms with Crippen molar-refractivity contribution in [1.82, 2.24) is 24.5 Å². The lowest BCUT2D eigenvalue weighted by atomic mass is 10.3. The molecule has 0 aromatic carbocycles. The van der Waals surface area contributed by atoms with Gasteiger partial charge in [0.1, 0.15) is 5.65 Å². The highest BCUT2D eigenvalue weighted by Crippen LogP contribution is 2.19. The van der Waals surface area contributed by atoms with E-state index >= 15 is 0 Å². The van der Waals surface area contributed by atoms with E-state index in [1.54, 1.807) is 11.0 Å². The van der Waals surface area contributed by atoms with Crippen molar-refractivity contribution in [2.75, 3.05) is 39.3 Å². The molecule has 2 aromatic heterocycles. The molecule has 0 spiro atoms. The van der Waals surface area contributed by atoms with E-state index < -0.39 is 0 Å². The zero-order valence-corrected chi connectivity index (χ0v) is 15.4. The summed E-state index contributed by atoms with van der Waals surface area (Å²) in [4.78, 5) is 32.2. The van der Waals surface area contributed by atoms with Crippen LogP contribution in [-0.4, -0.2) is 70.3 Å². The molecule has 7 nitrogen and oxygen atoms in total. The summed E-state index contributed by atoms with van der Waals surface area (Å²) in [5.74, 6) is -0.0426. The lowest BCUT2D eigenvalue weighted by Gasteiger charge is -2.33. The molecule has 0 atom stereocenters. The Labute approximate surface area is 157 Å². The fourth-order valence-electron chi connectivity index (χ4n) is 2.97. The summed E-state index contributed by atoms with van der Waals surface area (Å²) in [6, 6.07) is 5.63. The molecule has 3 heterocycles. The predicted molar refractivity (Wildman–Crippen MR) is 101 cm³/mol. The number of likely N-dealkylation sites (N-methyl/N-ethyl adjacent to an activating group) is 1. The van der Waals surface area contributed by atoms with E-state index in [1.165, 1.54) is 6.08 Å². The van der Waals surface area contributed by atoms with Crippen molar-refractivity contribution in [2.24, 2.45) is 0 Å². The number of aromatic nitrogens is 2. The van der Waals surface area contributed by atoms with Gasteiger partial charge >= 0.3 is 0 Å². The summed E-state index contributed by atoms with van der Waals surface area (Å²) in [5, 5.41) is 3.16. The molecule has 0 bridgehead atoms. The average Bonchev–Trinajstić information content (AvgIpc) is 2.95. The number of nitrogens with zero attached hydrogens (tertiary/aromatic N) is 4. The van der Waals surface area contributed by atoms with Crippen LogP contribution in [0.4, 0.5) is 0 Å². The molecule has 3 rings (SSSR count). The fourth-order valence-corrected chi connectivity index (χ4v) is 3.21. The molecule has 2 amide bonds. The van der Waals surface area contributed by atoms with Crippen LogP contribution in [0.5, 0.6) is 0 Å². The third-order valence-corrected chi connectivity index (χ3v) is 4.61. The van der Waals surface area contributed by atoms with Crippen LogP contribution in [0.3, 0.4) is 0 Å². The molecule has 1 aliphatic rings. The minimum absolute atomic E-state index is 0.0226. The molecule has 0 aliphatic carbocycles. The number of hydrogen-bond acceptors (Lipinski definition) is 4.